The summed E-state index contributed by atoms with van der Waals surface area (Å²) in [5.41, 5.74) is 0. The van der Waals surface area contributed by atoms with E-state index in [0.717, 1.165) is 0 Å². The van der Waals surface area contributed by atoms with Gasteiger partial charge in [0.25, 0.3) is 0 Å². The van der Waals surface area contributed by atoms with Crippen LogP contribution < -0.4 is 0 Å². The number of aliphatic hydroxyl groups excluding tert-OH is 1. The van der Waals surface area contributed by atoms with E-state index in [1.54, 1.807) is 0 Å². The van der Waals surface area contributed by atoms with E-state index in [1.807, 2.05) is 0 Å². The predicted molar refractivity (Wildman–Crippen MR) is 105 cm³/mol. The van der Waals surface area contributed by atoms with Crippen molar-refractivity contribution in [3.63, 3.8) is 0 Å². The summed E-state index contributed by atoms with van der Waals surface area (Å²) in [5, 5.41) is 11.0. The van der Waals surface area contributed by atoms with E-state index in [0.29, 0.717) is 6.61 Å². The Morgan fingerprint density at radius 2 is 1.28 bits per heavy atom. The first-order valence-corrected chi connectivity index (χ1v) is 15.2. The Labute approximate surface area is 155 Å². The Morgan fingerprint density at radius 1 is 0.840 bits per heavy atom. The predicted octanol–water partition coefficient (Wildman–Crippen LogP) is 3.88. The first-order chi connectivity index (χ1) is 11.1. The Morgan fingerprint density at radius 3 is 1.72 bits per heavy atom. The van der Waals surface area contributed by atoms with Gasteiger partial charge in [-0.05, 0) is 36.3 Å². The van der Waals surface area contributed by atoms with Gasteiger partial charge >= 0.3 is 0 Å². The summed E-state index contributed by atoms with van der Waals surface area (Å²) in [6.45, 7) is 22.5. The zero-order valence-corrected chi connectivity index (χ0v) is 19.7. The first kappa shape index (κ1) is 21.5. The van der Waals surface area contributed by atoms with Gasteiger partial charge in [-0.15, -0.1) is 0 Å². The van der Waals surface area contributed by atoms with Crippen LogP contribution in [-0.4, -0.2) is 59.1 Å². The molecule has 2 aliphatic rings. The second-order valence-corrected chi connectivity index (χ2v) is 20.1. The van der Waals surface area contributed by atoms with E-state index >= 15 is 0 Å². The van der Waals surface area contributed by atoms with E-state index in [2.05, 4.69) is 67.7 Å². The Balaban J connectivity index is 2.30. The van der Waals surface area contributed by atoms with Gasteiger partial charge in [0.1, 0.15) is 24.4 Å². The van der Waals surface area contributed by atoms with Crippen molar-refractivity contribution < 1.29 is 23.4 Å². The van der Waals surface area contributed by atoms with E-state index < -0.39 is 35.1 Å². The molecule has 0 aromatic heterocycles. The summed E-state index contributed by atoms with van der Waals surface area (Å²) in [6.07, 6.45) is -2.27. The molecule has 25 heavy (non-hydrogen) atoms. The number of fused-ring (bicyclic) bond motifs is 2. The molecular formula is C18H38O5Si2. The van der Waals surface area contributed by atoms with Crippen LogP contribution in [0.15, 0.2) is 0 Å². The number of rotatable bonds is 4. The molecule has 2 saturated heterocycles. The third kappa shape index (κ3) is 4.23. The normalized spacial score (nSPS) is 34.4. The molecule has 0 aliphatic carbocycles. The average Bonchev–Trinajstić information content (AvgIpc) is 2.84. The monoisotopic (exact) mass is 390 g/mol. The molecule has 0 radical (unpaired) electrons. The molecule has 2 aliphatic heterocycles. The average molecular weight is 391 g/mol. The number of hydrogen-bond donors (Lipinski definition) is 1. The maximum absolute atomic E-state index is 10.9. The molecule has 0 amide bonds. The molecule has 2 fully saturated rings. The summed E-state index contributed by atoms with van der Waals surface area (Å²) in [5.74, 6) is 0. The van der Waals surface area contributed by atoms with Gasteiger partial charge in [0, 0.05) is 0 Å². The van der Waals surface area contributed by atoms with E-state index in [-0.39, 0.29) is 22.3 Å². The molecule has 2 rings (SSSR count). The summed E-state index contributed by atoms with van der Waals surface area (Å²) >= 11 is 0. The fourth-order valence-electron chi connectivity index (χ4n) is 2.65. The highest BCUT2D eigenvalue weighted by Crippen LogP contribution is 2.44. The highest BCUT2D eigenvalue weighted by atomic mass is 28.4. The number of ether oxygens (including phenoxy) is 2. The third-order valence-corrected chi connectivity index (χ3v) is 15.5. The lowest BCUT2D eigenvalue weighted by molar-refractivity contribution is -0.219. The van der Waals surface area contributed by atoms with Crippen LogP contribution in [0, 0.1) is 0 Å². The second-order valence-electron chi connectivity index (χ2n) is 10.6. The van der Waals surface area contributed by atoms with Gasteiger partial charge in [-0.1, -0.05) is 41.5 Å². The number of hydrogen-bond acceptors (Lipinski definition) is 5. The quantitative estimate of drug-likeness (QED) is 0.738. The van der Waals surface area contributed by atoms with Gasteiger partial charge in [-0.25, -0.2) is 0 Å². The molecule has 0 aromatic carbocycles. The van der Waals surface area contributed by atoms with Gasteiger partial charge in [-0.2, -0.15) is 0 Å². The topological polar surface area (TPSA) is 57.2 Å². The highest BCUT2D eigenvalue weighted by molar-refractivity contribution is 6.74. The Bertz CT molecular complexity index is 453. The molecule has 0 saturated carbocycles. The van der Waals surface area contributed by atoms with Crippen molar-refractivity contribution in [2.75, 3.05) is 6.61 Å². The van der Waals surface area contributed by atoms with E-state index in [9.17, 15) is 5.11 Å². The molecule has 148 valence electrons. The zero-order chi connectivity index (χ0) is 19.4. The summed E-state index contributed by atoms with van der Waals surface area (Å²) in [7, 11) is -4.12. The Kier molecular flexibility index (Phi) is 5.76. The van der Waals surface area contributed by atoms with Gasteiger partial charge in [0.05, 0.1) is 6.61 Å². The fraction of sp³-hybridized carbons (Fsp3) is 1.00. The SMILES string of the molecule is CC(C)(C)[Si](C)(C)OC1[C@H]2OC[C@@H](O2)C(O)[C@@H]1O[Si](C)(C)C(C)(C)C. The lowest BCUT2D eigenvalue weighted by atomic mass is 10.0. The maximum Gasteiger partial charge on any atom is 0.192 e. The zero-order valence-electron chi connectivity index (χ0n) is 17.7. The van der Waals surface area contributed by atoms with Crippen LogP contribution in [0.1, 0.15) is 41.5 Å². The van der Waals surface area contributed by atoms with Crippen molar-refractivity contribution >= 4 is 16.6 Å². The van der Waals surface area contributed by atoms with Crippen molar-refractivity contribution in [2.24, 2.45) is 0 Å². The Hall–Kier alpha value is 0.234. The minimum absolute atomic E-state index is 0.0620. The minimum atomic E-state index is -2.06. The van der Waals surface area contributed by atoms with Gasteiger partial charge in [0.2, 0.25) is 0 Å². The fourth-order valence-corrected chi connectivity index (χ4v) is 5.23. The lowest BCUT2D eigenvalue weighted by Gasteiger charge is -2.48. The van der Waals surface area contributed by atoms with Gasteiger partial charge in [-0.3, -0.25) is 0 Å². The van der Waals surface area contributed by atoms with Gasteiger partial charge < -0.3 is 23.4 Å². The van der Waals surface area contributed by atoms with Crippen LogP contribution in [0.5, 0.6) is 0 Å². The van der Waals surface area contributed by atoms with E-state index in [1.165, 1.54) is 0 Å². The van der Waals surface area contributed by atoms with Crippen molar-refractivity contribution in [1.82, 2.24) is 0 Å². The highest BCUT2D eigenvalue weighted by Gasteiger charge is 2.56. The van der Waals surface area contributed by atoms with Crippen molar-refractivity contribution in [3.8, 4) is 0 Å². The van der Waals surface area contributed by atoms with Crippen LogP contribution in [0.3, 0.4) is 0 Å². The third-order valence-electron chi connectivity index (χ3n) is 6.52. The van der Waals surface area contributed by atoms with Crippen molar-refractivity contribution in [1.29, 1.82) is 0 Å². The molecule has 5 atom stereocenters. The smallest absolute Gasteiger partial charge is 0.192 e. The summed E-state index contributed by atoms with van der Waals surface area (Å²) < 4.78 is 24.9. The van der Waals surface area contributed by atoms with Crippen LogP contribution in [0.2, 0.25) is 36.3 Å². The molecule has 2 heterocycles. The molecule has 0 aromatic rings. The van der Waals surface area contributed by atoms with Crippen LogP contribution in [0.25, 0.3) is 0 Å². The minimum Gasteiger partial charge on any atom is -0.408 e. The van der Waals surface area contributed by atoms with Gasteiger partial charge in [0.15, 0.2) is 22.9 Å². The first-order valence-electron chi connectivity index (χ1n) is 9.38. The maximum atomic E-state index is 10.9. The molecule has 1 N–H and O–H groups in total. The lowest BCUT2D eigenvalue weighted by Crippen LogP contribution is -2.62. The van der Waals surface area contributed by atoms with E-state index in [4.69, 9.17) is 18.3 Å². The molecule has 7 heteroatoms. The molecule has 2 unspecified atom stereocenters. The van der Waals surface area contributed by atoms with Crippen LogP contribution in [0.4, 0.5) is 0 Å². The largest absolute Gasteiger partial charge is 0.408 e. The molecule has 5 nitrogen and oxygen atoms in total. The van der Waals surface area contributed by atoms with Crippen molar-refractivity contribution in [3.05, 3.63) is 0 Å². The second kappa shape index (κ2) is 6.69. The van der Waals surface area contributed by atoms with Crippen molar-refractivity contribution in [2.45, 2.75) is 109 Å². The summed E-state index contributed by atoms with van der Waals surface area (Å²) in [6, 6.07) is 0. The van der Waals surface area contributed by atoms with Crippen LogP contribution in [-0.2, 0) is 18.3 Å². The molecule has 2 bridgehead atoms. The summed E-state index contributed by atoms with van der Waals surface area (Å²) in [4.78, 5) is 0. The molecular weight excluding hydrogens is 352 g/mol. The van der Waals surface area contributed by atoms with Crippen LogP contribution >= 0.6 is 0 Å². The number of aliphatic hydroxyl groups is 1. The molecule has 0 spiro atoms. The standard InChI is InChI=1S/C18H38O5Si2/c1-17(2,3)24(7,8)22-14-13(19)12-11-20-16(21-12)15(14)23-25(9,10)18(4,5)6/h12-16,19H,11H2,1-10H3/t12-,13?,14+,15?,16+/m1/s1.